The zero-order chi connectivity index (χ0) is 39.1. The van der Waals surface area contributed by atoms with Crippen LogP contribution in [0.5, 0.6) is 5.75 Å². The van der Waals surface area contributed by atoms with Gasteiger partial charge in [0, 0.05) is 31.4 Å². The Morgan fingerprint density at radius 2 is 1.70 bits per heavy atom. The third kappa shape index (κ3) is 8.29. The molecule has 4 amide bonds. The average Bonchev–Trinajstić information content (AvgIpc) is 4.05. The Kier molecular flexibility index (Phi) is 10.9. The first-order chi connectivity index (χ1) is 25.5. The molecule has 0 bridgehead atoms. The number of carbonyl (C=O) groups is 5. The molecule has 2 heterocycles. The fourth-order valence-electron chi connectivity index (χ4n) is 7.87. The maximum absolute atomic E-state index is 14.8. The fourth-order valence-corrected chi connectivity index (χ4v) is 7.87. The molecule has 3 fully saturated rings. The largest absolute Gasteiger partial charge is 0.493 e. The third-order valence-electron chi connectivity index (χ3n) is 11.1. The molecule has 1 spiro atoms. The third-order valence-corrected chi connectivity index (χ3v) is 11.1. The highest BCUT2D eigenvalue weighted by Crippen LogP contribution is 2.48. The van der Waals surface area contributed by atoms with E-state index in [4.69, 9.17) is 9.57 Å². The number of nitrogens with zero attached hydrogens (tertiary/aromatic N) is 2. The molecule has 13 heteroatoms. The predicted molar refractivity (Wildman–Crippen MR) is 199 cm³/mol. The zero-order valence-electron chi connectivity index (χ0n) is 32.2. The lowest BCUT2D eigenvalue weighted by Gasteiger charge is -2.35. The van der Waals surface area contributed by atoms with E-state index in [-0.39, 0.29) is 42.4 Å². The minimum atomic E-state index is -1.08. The van der Waals surface area contributed by atoms with Gasteiger partial charge in [-0.3, -0.25) is 24.0 Å². The lowest BCUT2D eigenvalue weighted by Crippen LogP contribution is -2.59. The molecular weight excluding hydrogens is 693 g/mol. The van der Waals surface area contributed by atoms with Gasteiger partial charge in [0.15, 0.2) is 5.60 Å². The quantitative estimate of drug-likeness (QED) is 0.259. The minimum Gasteiger partial charge on any atom is -0.493 e. The van der Waals surface area contributed by atoms with Crippen LogP contribution in [-0.2, 0) is 28.8 Å². The second-order valence-corrected chi connectivity index (χ2v) is 16.5. The number of likely N-dealkylation sites (tertiary alicyclic amines) is 1. The molecule has 0 unspecified atom stereocenters. The van der Waals surface area contributed by atoms with Crippen molar-refractivity contribution < 1.29 is 37.9 Å². The van der Waals surface area contributed by atoms with E-state index in [1.54, 1.807) is 12.1 Å². The normalized spacial score (nSPS) is 24.3. The number of hydrogen-bond donors (Lipinski definition) is 3. The van der Waals surface area contributed by atoms with Crippen molar-refractivity contribution in [1.29, 1.82) is 0 Å². The van der Waals surface area contributed by atoms with Crippen LogP contribution in [0, 0.1) is 36.9 Å². The number of carbonyl (C=O) groups excluding carboxylic acids is 5. The summed E-state index contributed by atoms with van der Waals surface area (Å²) in [6.07, 6.45) is 3.08. The number of hydrogen-bond acceptors (Lipinski definition) is 8. The molecule has 6 rings (SSSR count). The number of halogens is 1. The van der Waals surface area contributed by atoms with Crippen molar-refractivity contribution in [2.75, 3.05) is 20.2 Å². The number of ketones is 1. The Morgan fingerprint density at radius 1 is 1.04 bits per heavy atom. The van der Waals surface area contributed by atoms with E-state index in [9.17, 15) is 28.4 Å². The summed E-state index contributed by atoms with van der Waals surface area (Å²) in [7, 11) is 1.37. The lowest BCUT2D eigenvalue weighted by molar-refractivity contribution is -0.145. The van der Waals surface area contributed by atoms with Gasteiger partial charge in [-0.2, -0.15) is 0 Å². The van der Waals surface area contributed by atoms with Gasteiger partial charge in [-0.15, -0.1) is 0 Å². The second kappa shape index (κ2) is 15.1. The van der Waals surface area contributed by atoms with Gasteiger partial charge in [-0.25, -0.2) is 4.39 Å². The first-order valence-corrected chi connectivity index (χ1v) is 19.0. The number of benzene rings is 2. The maximum Gasteiger partial charge on any atom is 0.289 e. The smallest absolute Gasteiger partial charge is 0.289 e. The summed E-state index contributed by atoms with van der Waals surface area (Å²) in [6, 6.07) is 6.90. The number of ether oxygens (including phenoxy) is 1. The first kappa shape index (κ1) is 38.9. The molecule has 1 saturated heterocycles. The SMILES string of the molecule is CCOc1c(C)cc(C2=NO[C@]3(C2)C[C@@H](C(=O)N[C@@H](CC2CC2)C(=O)C(=O)NC)N(C(=O)[C@@H](NC(=O)[C@@H]2C[C@H]2c2ccc(F)cc2)C(C)(C)C)C3)cc1C. The number of oxime groups is 1. The number of nitrogens with one attached hydrogen (secondary N) is 3. The van der Waals surface area contributed by atoms with Crippen molar-refractivity contribution >= 4 is 35.1 Å². The van der Waals surface area contributed by atoms with Crippen LogP contribution in [0.3, 0.4) is 0 Å². The summed E-state index contributed by atoms with van der Waals surface area (Å²) in [4.78, 5) is 75.9. The van der Waals surface area contributed by atoms with E-state index in [0.717, 1.165) is 40.8 Å². The molecule has 0 aromatic heterocycles. The van der Waals surface area contributed by atoms with E-state index in [0.29, 0.717) is 31.6 Å². The van der Waals surface area contributed by atoms with Crippen LogP contribution < -0.4 is 20.7 Å². The Morgan fingerprint density at radius 3 is 2.30 bits per heavy atom. The highest BCUT2D eigenvalue weighted by Gasteiger charge is 2.56. The second-order valence-electron chi connectivity index (χ2n) is 16.5. The Bertz CT molecular complexity index is 1830. The van der Waals surface area contributed by atoms with Crippen LogP contribution in [-0.4, -0.2) is 83.9 Å². The average molecular weight is 746 g/mol. The summed E-state index contributed by atoms with van der Waals surface area (Å²) in [5, 5.41) is 12.7. The topological polar surface area (TPSA) is 156 Å². The van der Waals surface area contributed by atoms with Crippen LogP contribution in [0.1, 0.15) is 94.4 Å². The first-order valence-electron chi connectivity index (χ1n) is 19.0. The standard InChI is InChI=1S/C41H52FN5O7/c1-8-53-34-22(2)15-26(16-23(34)3)31-19-41(54-46-31)20-32(37(50)44-30(17-24-9-10-24)33(48)38(51)43-7)47(21-41)39(52)35(40(4,5)6)45-36(49)29-18-28(29)25-11-13-27(42)14-12-25/h11-16,24,28-30,32,35H,8-10,17-21H2,1-7H3,(H,43,51)(H,44,50)(H,45,49)/t28-,29+,30-,32-,35+,41+/m0/s1. The van der Waals surface area contributed by atoms with E-state index in [1.807, 2.05) is 53.7 Å². The zero-order valence-corrected chi connectivity index (χ0v) is 32.2. The summed E-state index contributed by atoms with van der Waals surface area (Å²) < 4.78 is 19.4. The molecule has 2 aliphatic heterocycles. The maximum atomic E-state index is 14.8. The number of amides is 4. The van der Waals surface area contributed by atoms with E-state index >= 15 is 0 Å². The summed E-state index contributed by atoms with van der Waals surface area (Å²) in [5.74, 6) is -2.69. The van der Waals surface area contributed by atoms with E-state index in [1.165, 1.54) is 24.1 Å². The molecule has 12 nitrogen and oxygen atoms in total. The molecule has 290 valence electrons. The van der Waals surface area contributed by atoms with Gasteiger partial charge in [-0.05, 0) is 91.8 Å². The summed E-state index contributed by atoms with van der Waals surface area (Å²) in [6.45, 7) is 11.9. The van der Waals surface area contributed by atoms with Gasteiger partial charge in [0.2, 0.25) is 23.5 Å². The van der Waals surface area contributed by atoms with Crippen LogP contribution in [0.2, 0.25) is 0 Å². The number of rotatable bonds is 13. The number of likely N-dealkylation sites (N-methyl/N-ethyl adjacent to an activating group) is 1. The van der Waals surface area contributed by atoms with Crippen LogP contribution in [0.4, 0.5) is 4.39 Å². The van der Waals surface area contributed by atoms with Gasteiger partial charge in [-0.1, -0.05) is 50.9 Å². The van der Waals surface area contributed by atoms with Gasteiger partial charge < -0.3 is 30.4 Å². The lowest BCUT2D eigenvalue weighted by atomic mass is 9.85. The molecule has 54 heavy (non-hydrogen) atoms. The fraction of sp³-hybridized carbons (Fsp3) is 0.561. The predicted octanol–water partition coefficient (Wildman–Crippen LogP) is 4.24. The number of Topliss-reactive ketones (excluding diaryl/α,β-unsaturated/α-hetero) is 1. The monoisotopic (exact) mass is 745 g/mol. The molecule has 4 aliphatic rings. The van der Waals surface area contributed by atoms with Crippen LogP contribution in [0.25, 0.3) is 0 Å². The molecular formula is C41H52FN5O7. The molecule has 2 aromatic rings. The highest BCUT2D eigenvalue weighted by atomic mass is 19.1. The number of aryl methyl sites for hydroxylation is 2. The van der Waals surface area contributed by atoms with Crippen molar-refractivity contribution in [3.63, 3.8) is 0 Å². The Labute approximate surface area is 316 Å². The van der Waals surface area contributed by atoms with Gasteiger partial charge in [0.25, 0.3) is 5.91 Å². The highest BCUT2D eigenvalue weighted by molar-refractivity contribution is 6.38. The van der Waals surface area contributed by atoms with Crippen LogP contribution in [0.15, 0.2) is 41.6 Å². The van der Waals surface area contributed by atoms with Crippen molar-refractivity contribution in [1.82, 2.24) is 20.9 Å². The molecule has 2 aromatic carbocycles. The van der Waals surface area contributed by atoms with Gasteiger partial charge >= 0.3 is 0 Å². The molecule has 2 saturated carbocycles. The van der Waals surface area contributed by atoms with E-state index < -0.39 is 52.6 Å². The minimum absolute atomic E-state index is 0.00663. The molecule has 0 radical (unpaired) electrons. The summed E-state index contributed by atoms with van der Waals surface area (Å²) in [5.41, 5.74) is 2.44. The van der Waals surface area contributed by atoms with E-state index in [2.05, 4.69) is 21.1 Å². The van der Waals surface area contributed by atoms with Crippen molar-refractivity contribution in [3.8, 4) is 5.75 Å². The Balaban J connectivity index is 1.26. The summed E-state index contributed by atoms with van der Waals surface area (Å²) >= 11 is 0. The molecule has 6 atom stereocenters. The van der Waals surface area contributed by atoms with Crippen LogP contribution >= 0.6 is 0 Å². The Hall–Kier alpha value is -4.81. The molecule has 2 aliphatic carbocycles. The molecule has 3 N–H and O–H groups in total. The van der Waals surface area contributed by atoms with Crippen molar-refractivity contribution in [3.05, 3.63) is 64.5 Å². The van der Waals surface area contributed by atoms with Gasteiger partial charge in [0.1, 0.15) is 23.7 Å². The van der Waals surface area contributed by atoms with Gasteiger partial charge in [0.05, 0.1) is 24.9 Å². The van der Waals surface area contributed by atoms with Crippen molar-refractivity contribution in [2.45, 2.75) is 110 Å². The van der Waals surface area contributed by atoms with Crippen molar-refractivity contribution in [2.24, 2.45) is 22.4 Å².